The van der Waals surface area contributed by atoms with Crippen molar-refractivity contribution in [2.75, 3.05) is 6.54 Å². The molecule has 1 aliphatic heterocycles. The third-order valence-corrected chi connectivity index (χ3v) is 3.89. The van der Waals surface area contributed by atoms with E-state index in [4.69, 9.17) is 0 Å². The standard InChI is InChI=1S/C16H22N2O2/c1-4-11(2)10-18-14(13-8-6-5-7-9-13)15(19)17-12(3)16(18)20/h5-9,11-12,14H,4,10H2,1-3H3,(H,17,19). The van der Waals surface area contributed by atoms with E-state index in [1.165, 1.54) is 0 Å². The van der Waals surface area contributed by atoms with Crippen molar-refractivity contribution in [2.45, 2.75) is 39.3 Å². The number of hydrogen-bond acceptors (Lipinski definition) is 2. The topological polar surface area (TPSA) is 49.4 Å². The fourth-order valence-electron chi connectivity index (χ4n) is 2.50. The highest BCUT2D eigenvalue weighted by molar-refractivity contribution is 5.97. The molecule has 20 heavy (non-hydrogen) atoms. The molecule has 0 saturated carbocycles. The van der Waals surface area contributed by atoms with Gasteiger partial charge in [-0.25, -0.2) is 0 Å². The third-order valence-electron chi connectivity index (χ3n) is 3.89. The van der Waals surface area contributed by atoms with Gasteiger partial charge in [0.1, 0.15) is 12.1 Å². The summed E-state index contributed by atoms with van der Waals surface area (Å²) in [5.41, 5.74) is 0.869. The number of nitrogens with zero attached hydrogens (tertiary/aromatic N) is 1. The van der Waals surface area contributed by atoms with Crippen LogP contribution in [0.3, 0.4) is 0 Å². The van der Waals surface area contributed by atoms with Crippen molar-refractivity contribution in [1.82, 2.24) is 10.2 Å². The van der Waals surface area contributed by atoms with E-state index in [1.807, 2.05) is 30.3 Å². The molecule has 0 aliphatic carbocycles. The Labute approximate surface area is 120 Å². The third kappa shape index (κ3) is 2.84. The van der Waals surface area contributed by atoms with Gasteiger partial charge in [0.05, 0.1) is 0 Å². The van der Waals surface area contributed by atoms with E-state index in [-0.39, 0.29) is 11.8 Å². The van der Waals surface area contributed by atoms with Crippen LogP contribution in [0.25, 0.3) is 0 Å². The van der Waals surface area contributed by atoms with Gasteiger partial charge in [0.2, 0.25) is 11.8 Å². The van der Waals surface area contributed by atoms with E-state index in [0.717, 1.165) is 12.0 Å². The van der Waals surface area contributed by atoms with Crippen molar-refractivity contribution in [3.8, 4) is 0 Å². The number of amides is 2. The average molecular weight is 274 g/mol. The zero-order valence-electron chi connectivity index (χ0n) is 12.3. The first kappa shape index (κ1) is 14.6. The van der Waals surface area contributed by atoms with Crippen LogP contribution in [0.4, 0.5) is 0 Å². The summed E-state index contributed by atoms with van der Waals surface area (Å²) in [7, 11) is 0. The Bertz CT molecular complexity index is 487. The molecule has 4 heteroatoms. The predicted octanol–water partition coefficient (Wildman–Crippen LogP) is 2.12. The monoisotopic (exact) mass is 274 g/mol. The maximum atomic E-state index is 12.4. The van der Waals surface area contributed by atoms with Gasteiger partial charge >= 0.3 is 0 Å². The lowest BCUT2D eigenvalue weighted by Crippen LogP contribution is -2.59. The second kappa shape index (κ2) is 6.07. The van der Waals surface area contributed by atoms with Crippen LogP contribution in [0, 0.1) is 5.92 Å². The van der Waals surface area contributed by atoms with Gasteiger partial charge in [0, 0.05) is 6.54 Å². The molecule has 0 radical (unpaired) electrons. The Morgan fingerprint density at radius 3 is 2.50 bits per heavy atom. The van der Waals surface area contributed by atoms with Crippen LogP contribution in [0.1, 0.15) is 38.8 Å². The zero-order chi connectivity index (χ0) is 14.7. The van der Waals surface area contributed by atoms with E-state index >= 15 is 0 Å². The summed E-state index contributed by atoms with van der Waals surface area (Å²) in [4.78, 5) is 26.5. The lowest BCUT2D eigenvalue weighted by molar-refractivity contribution is -0.149. The van der Waals surface area contributed by atoms with E-state index in [1.54, 1.807) is 11.8 Å². The molecule has 2 amide bonds. The Morgan fingerprint density at radius 2 is 1.90 bits per heavy atom. The van der Waals surface area contributed by atoms with E-state index in [9.17, 15) is 9.59 Å². The average Bonchev–Trinajstić information content (AvgIpc) is 2.45. The SMILES string of the molecule is CCC(C)CN1C(=O)C(C)NC(=O)C1c1ccccc1. The van der Waals surface area contributed by atoms with Crippen LogP contribution in [-0.4, -0.2) is 29.3 Å². The molecular weight excluding hydrogens is 252 g/mol. The lowest BCUT2D eigenvalue weighted by Gasteiger charge is -2.39. The number of piperazine rings is 1. The summed E-state index contributed by atoms with van der Waals surface area (Å²) in [6.07, 6.45) is 0.987. The van der Waals surface area contributed by atoms with Crippen molar-refractivity contribution in [2.24, 2.45) is 5.92 Å². The molecule has 1 saturated heterocycles. The van der Waals surface area contributed by atoms with Crippen LogP contribution < -0.4 is 5.32 Å². The number of nitrogens with one attached hydrogen (secondary N) is 1. The highest BCUT2D eigenvalue weighted by Gasteiger charge is 2.39. The van der Waals surface area contributed by atoms with Crippen LogP contribution in [0.2, 0.25) is 0 Å². The minimum absolute atomic E-state index is 0.00115. The van der Waals surface area contributed by atoms with Gasteiger partial charge in [-0.15, -0.1) is 0 Å². The van der Waals surface area contributed by atoms with Crippen LogP contribution in [0.5, 0.6) is 0 Å². The first-order chi connectivity index (χ1) is 9.54. The van der Waals surface area contributed by atoms with Gasteiger partial charge in [0.15, 0.2) is 0 Å². The summed E-state index contributed by atoms with van der Waals surface area (Å²) in [6, 6.07) is 8.56. The number of rotatable bonds is 4. The van der Waals surface area contributed by atoms with Gasteiger partial charge in [-0.1, -0.05) is 50.6 Å². The fourth-order valence-corrected chi connectivity index (χ4v) is 2.50. The highest BCUT2D eigenvalue weighted by atomic mass is 16.2. The minimum Gasteiger partial charge on any atom is -0.342 e. The van der Waals surface area contributed by atoms with Gasteiger partial charge in [0.25, 0.3) is 0 Å². The van der Waals surface area contributed by atoms with Crippen LogP contribution in [0.15, 0.2) is 30.3 Å². The normalized spacial score (nSPS) is 24.4. The number of carbonyl (C=O) groups excluding carboxylic acids is 2. The van der Waals surface area contributed by atoms with Gasteiger partial charge < -0.3 is 10.2 Å². The molecule has 2 rings (SSSR count). The van der Waals surface area contributed by atoms with Crippen molar-refractivity contribution >= 4 is 11.8 Å². The number of carbonyl (C=O) groups is 2. The van der Waals surface area contributed by atoms with Gasteiger partial charge in [-0.2, -0.15) is 0 Å². The maximum Gasteiger partial charge on any atom is 0.248 e. The highest BCUT2D eigenvalue weighted by Crippen LogP contribution is 2.26. The summed E-state index contributed by atoms with van der Waals surface area (Å²) < 4.78 is 0. The summed E-state index contributed by atoms with van der Waals surface area (Å²) in [6.45, 7) is 6.56. The summed E-state index contributed by atoms with van der Waals surface area (Å²) >= 11 is 0. The molecule has 3 unspecified atom stereocenters. The molecule has 4 nitrogen and oxygen atoms in total. The molecule has 108 valence electrons. The Balaban J connectivity index is 2.33. The first-order valence-corrected chi connectivity index (χ1v) is 7.20. The predicted molar refractivity (Wildman–Crippen MR) is 78.0 cm³/mol. The fraction of sp³-hybridized carbons (Fsp3) is 0.500. The lowest BCUT2D eigenvalue weighted by atomic mass is 9.97. The summed E-state index contributed by atoms with van der Waals surface area (Å²) in [5, 5.41) is 2.77. The smallest absolute Gasteiger partial charge is 0.248 e. The van der Waals surface area contributed by atoms with Crippen molar-refractivity contribution in [1.29, 1.82) is 0 Å². The molecule has 3 atom stereocenters. The van der Waals surface area contributed by atoms with Gasteiger partial charge in [-0.3, -0.25) is 9.59 Å². The molecule has 1 N–H and O–H groups in total. The van der Waals surface area contributed by atoms with E-state index in [0.29, 0.717) is 12.5 Å². The van der Waals surface area contributed by atoms with E-state index < -0.39 is 12.1 Å². The molecule has 1 heterocycles. The molecule has 1 aromatic carbocycles. The Kier molecular flexibility index (Phi) is 4.42. The second-order valence-corrected chi connectivity index (χ2v) is 5.55. The number of hydrogen-bond donors (Lipinski definition) is 1. The van der Waals surface area contributed by atoms with Crippen LogP contribution >= 0.6 is 0 Å². The van der Waals surface area contributed by atoms with Crippen molar-refractivity contribution in [3.63, 3.8) is 0 Å². The molecule has 1 aliphatic rings. The Morgan fingerprint density at radius 1 is 1.25 bits per heavy atom. The van der Waals surface area contributed by atoms with Crippen LogP contribution in [-0.2, 0) is 9.59 Å². The first-order valence-electron chi connectivity index (χ1n) is 7.20. The second-order valence-electron chi connectivity index (χ2n) is 5.55. The molecule has 1 aromatic rings. The molecule has 0 aromatic heterocycles. The number of benzene rings is 1. The van der Waals surface area contributed by atoms with Crippen molar-refractivity contribution in [3.05, 3.63) is 35.9 Å². The molecular formula is C16H22N2O2. The van der Waals surface area contributed by atoms with E-state index in [2.05, 4.69) is 19.2 Å². The van der Waals surface area contributed by atoms with Gasteiger partial charge in [-0.05, 0) is 18.4 Å². The van der Waals surface area contributed by atoms with Crippen molar-refractivity contribution < 1.29 is 9.59 Å². The Hall–Kier alpha value is -1.84. The summed E-state index contributed by atoms with van der Waals surface area (Å²) in [5.74, 6) is 0.286. The molecule has 1 fully saturated rings. The quantitative estimate of drug-likeness (QED) is 0.914. The molecule has 0 bridgehead atoms. The zero-order valence-corrected chi connectivity index (χ0v) is 12.3. The minimum atomic E-state index is -0.506. The maximum absolute atomic E-state index is 12.4. The largest absolute Gasteiger partial charge is 0.342 e. The molecule has 0 spiro atoms.